The highest BCUT2D eigenvalue weighted by atomic mass is 35.5. The third-order valence-corrected chi connectivity index (χ3v) is 8.45. The number of anilines is 2. The predicted octanol–water partition coefficient (Wildman–Crippen LogP) is 5.70. The Morgan fingerprint density at radius 1 is 1.03 bits per heavy atom. The van der Waals surface area contributed by atoms with E-state index < -0.39 is 0 Å². The molecule has 0 atom stereocenters. The van der Waals surface area contributed by atoms with Crippen LogP contribution in [0.5, 0.6) is 0 Å². The summed E-state index contributed by atoms with van der Waals surface area (Å²) in [6, 6.07) is 21.7. The Balaban J connectivity index is 1.11. The van der Waals surface area contributed by atoms with E-state index in [1.165, 1.54) is 17.4 Å². The van der Waals surface area contributed by atoms with Crippen LogP contribution in [0.4, 0.5) is 11.4 Å². The third-order valence-electron chi connectivity index (χ3n) is 7.14. The minimum atomic E-state index is -0.115. The second kappa shape index (κ2) is 12.3. The van der Waals surface area contributed by atoms with Crippen LogP contribution in [0.1, 0.15) is 27.9 Å². The number of benzene rings is 3. The first-order valence-electron chi connectivity index (χ1n) is 13.3. The van der Waals surface area contributed by atoms with Crippen LogP contribution in [0.25, 0.3) is 6.08 Å². The van der Waals surface area contributed by atoms with Gasteiger partial charge in [0.1, 0.15) is 0 Å². The molecule has 0 aromatic heterocycles. The Morgan fingerprint density at radius 3 is 2.59 bits per heavy atom. The van der Waals surface area contributed by atoms with E-state index in [0.29, 0.717) is 17.0 Å². The Hall–Kier alpha value is -3.26. The van der Waals surface area contributed by atoms with Crippen molar-refractivity contribution < 1.29 is 9.59 Å². The second-order valence-corrected chi connectivity index (χ2v) is 11.5. The minimum absolute atomic E-state index is 0.0676. The maximum atomic E-state index is 13.1. The molecule has 2 amide bonds. The van der Waals surface area contributed by atoms with E-state index in [9.17, 15) is 9.59 Å². The summed E-state index contributed by atoms with van der Waals surface area (Å²) in [4.78, 5) is 34.0. The van der Waals surface area contributed by atoms with E-state index in [1.54, 1.807) is 11.9 Å². The smallest absolute Gasteiger partial charge is 0.264 e. The number of hydrogen-bond donors (Lipinski definition) is 1. The average Bonchev–Trinajstić information content (AvgIpc) is 2.94. The standard InChI is InChI=1S/C31H33ClN4O2S/c1-22-6-3-7-23(18-22)19-29-31(38)34(2)27-20-24(10-11-28(27)39-29)30(37)33-12-5-13-35-14-16-36(17-15-35)26-9-4-8-25(32)21-26/h3-4,6-11,18-21H,5,12-17H2,1-2H3,(H,33,37)/b29-19-. The fourth-order valence-corrected chi connectivity index (χ4v) is 6.23. The van der Waals surface area contributed by atoms with Crippen molar-refractivity contribution >= 4 is 52.6 Å². The van der Waals surface area contributed by atoms with E-state index >= 15 is 0 Å². The Kier molecular flexibility index (Phi) is 8.60. The number of carbonyl (C=O) groups is 2. The van der Waals surface area contributed by atoms with E-state index in [-0.39, 0.29) is 11.8 Å². The van der Waals surface area contributed by atoms with Crippen LogP contribution >= 0.6 is 23.4 Å². The molecule has 0 radical (unpaired) electrons. The lowest BCUT2D eigenvalue weighted by atomic mass is 10.1. The highest BCUT2D eigenvalue weighted by molar-refractivity contribution is 8.04. The van der Waals surface area contributed by atoms with Gasteiger partial charge in [-0.15, -0.1) is 0 Å². The van der Waals surface area contributed by atoms with Gasteiger partial charge in [0.25, 0.3) is 11.8 Å². The van der Waals surface area contributed by atoms with Crippen molar-refractivity contribution in [2.75, 3.05) is 56.1 Å². The van der Waals surface area contributed by atoms with Gasteiger partial charge in [-0.05, 0) is 67.9 Å². The van der Waals surface area contributed by atoms with Gasteiger partial charge < -0.3 is 15.1 Å². The van der Waals surface area contributed by atoms with Crippen LogP contribution in [-0.2, 0) is 4.79 Å². The molecule has 0 bridgehead atoms. The normalized spacial score (nSPS) is 16.9. The van der Waals surface area contributed by atoms with Gasteiger partial charge in [-0.25, -0.2) is 0 Å². The number of piperazine rings is 1. The topological polar surface area (TPSA) is 55.9 Å². The molecule has 1 fully saturated rings. The van der Waals surface area contributed by atoms with Gasteiger partial charge in [-0.3, -0.25) is 14.5 Å². The number of aryl methyl sites for hydroxylation is 1. The van der Waals surface area contributed by atoms with Crippen molar-refractivity contribution in [3.05, 3.63) is 93.3 Å². The molecule has 39 heavy (non-hydrogen) atoms. The molecule has 3 aromatic rings. The summed E-state index contributed by atoms with van der Waals surface area (Å²) in [7, 11) is 1.76. The quantitative estimate of drug-likeness (QED) is 0.297. The maximum Gasteiger partial charge on any atom is 0.264 e. The summed E-state index contributed by atoms with van der Waals surface area (Å²) in [5.41, 5.74) is 4.65. The van der Waals surface area contributed by atoms with Gasteiger partial charge in [0.2, 0.25) is 0 Å². The van der Waals surface area contributed by atoms with Gasteiger partial charge in [-0.2, -0.15) is 0 Å². The van der Waals surface area contributed by atoms with Gasteiger partial charge in [0, 0.05) is 60.9 Å². The highest BCUT2D eigenvalue weighted by Gasteiger charge is 2.27. The number of nitrogens with zero attached hydrogens (tertiary/aromatic N) is 3. The van der Waals surface area contributed by atoms with E-state index in [1.807, 2.05) is 67.6 Å². The SMILES string of the molecule is Cc1cccc(/C=C2\Sc3ccc(C(=O)NCCCN4CCN(c5cccc(Cl)c5)CC4)cc3N(C)C2=O)c1. The molecule has 1 N–H and O–H groups in total. The summed E-state index contributed by atoms with van der Waals surface area (Å²) in [6.45, 7) is 7.50. The molecular formula is C31H33ClN4O2S. The lowest BCUT2D eigenvalue weighted by Crippen LogP contribution is -2.47. The average molecular weight is 561 g/mol. The first-order chi connectivity index (χ1) is 18.9. The molecule has 2 aliphatic heterocycles. The fourth-order valence-electron chi connectivity index (χ4n) is 4.96. The molecular weight excluding hydrogens is 528 g/mol. The highest BCUT2D eigenvalue weighted by Crippen LogP contribution is 2.42. The Morgan fingerprint density at radius 2 is 1.82 bits per heavy atom. The fraction of sp³-hybridized carbons (Fsp3) is 0.290. The van der Waals surface area contributed by atoms with Crippen LogP contribution in [-0.4, -0.2) is 63.0 Å². The van der Waals surface area contributed by atoms with Gasteiger partial charge >= 0.3 is 0 Å². The number of hydrogen-bond acceptors (Lipinski definition) is 5. The summed E-state index contributed by atoms with van der Waals surface area (Å²) >= 11 is 7.59. The van der Waals surface area contributed by atoms with Crippen molar-refractivity contribution in [2.45, 2.75) is 18.2 Å². The van der Waals surface area contributed by atoms with Gasteiger partial charge in [0.15, 0.2) is 0 Å². The maximum absolute atomic E-state index is 13.1. The summed E-state index contributed by atoms with van der Waals surface area (Å²) < 4.78 is 0. The van der Waals surface area contributed by atoms with Crippen LogP contribution in [0, 0.1) is 6.92 Å². The van der Waals surface area contributed by atoms with Crippen molar-refractivity contribution in [3.8, 4) is 0 Å². The molecule has 0 saturated carbocycles. The number of carbonyl (C=O) groups excluding carboxylic acids is 2. The molecule has 2 heterocycles. The minimum Gasteiger partial charge on any atom is -0.369 e. The van der Waals surface area contributed by atoms with Crippen LogP contribution < -0.4 is 15.1 Å². The molecule has 6 nitrogen and oxygen atoms in total. The van der Waals surface area contributed by atoms with Gasteiger partial charge in [0.05, 0.1) is 10.6 Å². The van der Waals surface area contributed by atoms with Gasteiger partial charge in [-0.1, -0.05) is 59.3 Å². The van der Waals surface area contributed by atoms with E-state index in [2.05, 4.69) is 27.2 Å². The van der Waals surface area contributed by atoms with Crippen molar-refractivity contribution in [3.63, 3.8) is 0 Å². The second-order valence-electron chi connectivity index (χ2n) is 9.99. The predicted molar refractivity (Wildman–Crippen MR) is 162 cm³/mol. The molecule has 0 aliphatic carbocycles. The molecule has 0 unspecified atom stereocenters. The molecule has 3 aromatic carbocycles. The monoisotopic (exact) mass is 560 g/mol. The summed E-state index contributed by atoms with van der Waals surface area (Å²) in [6.07, 6.45) is 2.81. The molecule has 5 rings (SSSR count). The van der Waals surface area contributed by atoms with Crippen molar-refractivity contribution in [1.29, 1.82) is 0 Å². The van der Waals surface area contributed by atoms with Crippen molar-refractivity contribution in [1.82, 2.24) is 10.2 Å². The van der Waals surface area contributed by atoms with Crippen LogP contribution in [0.3, 0.4) is 0 Å². The lowest BCUT2D eigenvalue weighted by Gasteiger charge is -2.36. The van der Waals surface area contributed by atoms with E-state index in [0.717, 1.165) is 65.9 Å². The molecule has 1 saturated heterocycles. The number of likely N-dealkylation sites (N-methyl/N-ethyl adjacent to an activating group) is 1. The number of rotatable bonds is 7. The summed E-state index contributed by atoms with van der Waals surface area (Å²) in [5, 5.41) is 3.81. The third kappa shape index (κ3) is 6.67. The first kappa shape index (κ1) is 27.3. The van der Waals surface area contributed by atoms with Crippen LogP contribution in [0.15, 0.2) is 76.5 Å². The number of nitrogens with one attached hydrogen (secondary N) is 1. The zero-order valence-corrected chi connectivity index (χ0v) is 23.9. The number of amides is 2. The van der Waals surface area contributed by atoms with Crippen LogP contribution in [0.2, 0.25) is 5.02 Å². The lowest BCUT2D eigenvalue weighted by molar-refractivity contribution is -0.114. The largest absolute Gasteiger partial charge is 0.369 e. The first-order valence-corrected chi connectivity index (χ1v) is 14.5. The zero-order valence-electron chi connectivity index (χ0n) is 22.3. The number of fused-ring (bicyclic) bond motifs is 1. The molecule has 8 heteroatoms. The van der Waals surface area contributed by atoms with Crippen molar-refractivity contribution in [2.24, 2.45) is 0 Å². The summed E-state index contributed by atoms with van der Waals surface area (Å²) in [5.74, 6) is -0.183. The molecule has 0 spiro atoms. The molecule has 202 valence electrons. The Labute approximate surface area is 239 Å². The number of thioether (sulfide) groups is 1. The zero-order chi connectivity index (χ0) is 27.4. The number of halogens is 1. The van der Waals surface area contributed by atoms with E-state index in [4.69, 9.17) is 11.6 Å². The Bertz CT molecular complexity index is 1400. The molecule has 2 aliphatic rings.